The minimum absolute atomic E-state index is 0.123. The van der Waals surface area contributed by atoms with Gasteiger partial charge in [0, 0.05) is 13.1 Å². The Morgan fingerprint density at radius 1 is 1.38 bits per heavy atom. The molecule has 13 heavy (non-hydrogen) atoms. The van der Waals surface area contributed by atoms with Gasteiger partial charge in [-0.15, -0.1) is 0 Å². The quantitative estimate of drug-likeness (QED) is 0.437. The third-order valence-electron chi connectivity index (χ3n) is 2.42. The highest BCUT2D eigenvalue weighted by molar-refractivity contribution is 14.1. The maximum Gasteiger partial charge on any atom is 0.123 e. The van der Waals surface area contributed by atoms with Gasteiger partial charge in [-0.1, -0.05) is 28.7 Å². The molecule has 0 aromatic heterocycles. The minimum Gasteiger partial charge on any atom is -0.283 e. The lowest BCUT2D eigenvalue weighted by molar-refractivity contribution is 0.287. The normalized spacial score (nSPS) is 18.7. The van der Waals surface area contributed by atoms with Crippen molar-refractivity contribution >= 4 is 22.6 Å². The molecule has 70 valence electrons. The van der Waals surface area contributed by atoms with Gasteiger partial charge in [-0.2, -0.15) is 0 Å². The van der Waals surface area contributed by atoms with E-state index in [0.29, 0.717) is 4.05 Å². The van der Waals surface area contributed by atoms with Crippen LogP contribution in [0.1, 0.15) is 18.1 Å². The fourth-order valence-corrected chi connectivity index (χ4v) is 2.03. The van der Waals surface area contributed by atoms with Crippen molar-refractivity contribution in [3.63, 3.8) is 0 Å². The van der Waals surface area contributed by atoms with Crippen LogP contribution in [-0.4, -0.2) is 8.95 Å². The molecular formula is C10H11FIN. The number of hydrogen-bond donors (Lipinski definition) is 0. The van der Waals surface area contributed by atoms with Crippen molar-refractivity contribution in [2.45, 2.75) is 24.1 Å². The Hall–Kier alpha value is -0.160. The SMILES string of the molecule is CC(I)N1Cc2ccc(F)cc2C1. The molecular weight excluding hydrogens is 280 g/mol. The number of fused-ring (bicyclic) bond motifs is 1. The largest absolute Gasteiger partial charge is 0.283 e. The second kappa shape index (κ2) is 3.53. The summed E-state index contributed by atoms with van der Waals surface area (Å²) in [5, 5.41) is 0. The number of nitrogens with zero attached hydrogens (tertiary/aromatic N) is 1. The summed E-state index contributed by atoms with van der Waals surface area (Å²) in [4.78, 5) is 2.32. The van der Waals surface area contributed by atoms with E-state index in [1.807, 2.05) is 6.07 Å². The van der Waals surface area contributed by atoms with Gasteiger partial charge in [0.1, 0.15) is 5.82 Å². The maximum absolute atomic E-state index is 12.9. The average Bonchev–Trinajstić information content (AvgIpc) is 2.46. The Kier molecular flexibility index (Phi) is 2.55. The van der Waals surface area contributed by atoms with Gasteiger partial charge < -0.3 is 0 Å². The van der Waals surface area contributed by atoms with Gasteiger partial charge in [-0.25, -0.2) is 4.39 Å². The highest BCUT2D eigenvalue weighted by Gasteiger charge is 2.21. The molecule has 2 rings (SSSR count). The fourth-order valence-electron chi connectivity index (χ4n) is 1.64. The first-order valence-electron chi connectivity index (χ1n) is 4.32. The molecule has 0 fully saturated rings. The third kappa shape index (κ3) is 1.86. The van der Waals surface area contributed by atoms with Crippen LogP contribution in [0.15, 0.2) is 18.2 Å². The van der Waals surface area contributed by atoms with Crippen molar-refractivity contribution in [3.8, 4) is 0 Å². The van der Waals surface area contributed by atoms with Gasteiger partial charge in [-0.3, -0.25) is 4.90 Å². The molecule has 1 atom stereocenters. The van der Waals surface area contributed by atoms with Crippen molar-refractivity contribution in [1.29, 1.82) is 0 Å². The zero-order valence-electron chi connectivity index (χ0n) is 7.43. The molecule has 1 unspecified atom stereocenters. The molecule has 1 aliphatic rings. The lowest BCUT2D eigenvalue weighted by Gasteiger charge is -2.17. The lowest BCUT2D eigenvalue weighted by atomic mass is 10.1. The molecule has 0 radical (unpaired) electrons. The smallest absolute Gasteiger partial charge is 0.123 e. The molecule has 1 aromatic rings. The molecule has 1 aromatic carbocycles. The van der Waals surface area contributed by atoms with Crippen molar-refractivity contribution in [2.24, 2.45) is 0 Å². The monoisotopic (exact) mass is 291 g/mol. The van der Waals surface area contributed by atoms with Crippen molar-refractivity contribution in [3.05, 3.63) is 35.1 Å². The summed E-state index contributed by atoms with van der Waals surface area (Å²) in [6.45, 7) is 4.00. The van der Waals surface area contributed by atoms with Crippen LogP contribution in [0.4, 0.5) is 4.39 Å². The second-order valence-corrected chi connectivity index (χ2v) is 5.19. The van der Waals surface area contributed by atoms with Gasteiger partial charge in [0.05, 0.1) is 4.05 Å². The summed E-state index contributed by atoms with van der Waals surface area (Å²) in [5.41, 5.74) is 2.41. The Bertz CT molecular complexity index is 325. The summed E-state index contributed by atoms with van der Waals surface area (Å²) in [7, 11) is 0. The summed E-state index contributed by atoms with van der Waals surface area (Å²) in [6, 6.07) is 5.08. The van der Waals surface area contributed by atoms with Gasteiger partial charge in [0.15, 0.2) is 0 Å². The van der Waals surface area contributed by atoms with Crippen LogP contribution in [0.5, 0.6) is 0 Å². The molecule has 1 nitrogen and oxygen atoms in total. The van der Waals surface area contributed by atoms with Crippen LogP contribution >= 0.6 is 22.6 Å². The number of benzene rings is 1. The molecule has 0 bridgehead atoms. The molecule has 0 amide bonds. The van der Waals surface area contributed by atoms with Crippen molar-refractivity contribution in [1.82, 2.24) is 4.90 Å². The van der Waals surface area contributed by atoms with Crippen molar-refractivity contribution in [2.75, 3.05) is 0 Å². The fraction of sp³-hybridized carbons (Fsp3) is 0.400. The second-order valence-electron chi connectivity index (χ2n) is 3.39. The van der Waals surface area contributed by atoms with E-state index in [2.05, 4.69) is 34.4 Å². The van der Waals surface area contributed by atoms with Gasteiger partial charge in [0.2, 0.25) is 0 Å². The van der Waals surface area contributed by atoms with E-state index < -0.39 is 0 Å². The van der Waals surface area contributed by atoms with E-state index in [0.717, 1.165) is 18.7 Å². The first-order chi connectivity index (χ1) is 6.16. The number of alkyl halides is 1. The van der Waals surface area contributed by atoms with Crippen LogP contribution in [0.25, 0.3) is 0 Å². The van der Waals surface area contributed by atoms with Crippen LogP contribution < -0.4 is 0 Å². The standard InChI is InChI=1S/C10H11FIN/c1-7(12)13-5-8-2-3-10(11)4-9(8)6-13/h2-4,7H,5-6H2,1H3. The van der Waals surface area contributed by atoms with E-state index in [9.17, 15) is 4.39 Å². The highest BCUT2D eigenvalue weighted by atomic mass is 127. The lowest BCUT2D eigenvalue weighted by Crippen LogP contribution is -2.21. The zero-order valence-corrected chi connectivity index (χ0v) is 9.58. The van der Waals surface area contributed by atoms with E-state index in [1.165, 1.54) is 5.56 Å². The minimum atomic E-state index is -0.123. The third-order valence-corrected chi connectivity index (χ3v) is 3.21. The average molecular weight is 291 g/mol. The Morgan fingerprint density at radius 2 is 2.08 bits per heavy atom. The van der Waals surface area contributed by atoms with E-state index in [1.54, 1.807) is 12.1 Å². The molecule has 0 spiro atoms. The maximum atomic E-state index is 12.9. The molecule has 0 saturated heterocycles. The molecule has 0 aliphatic carbocycles. The molecule has 3 heteroatoms. The number of hydrogen-bond acceptors (Lipinski definition) is 1. The molecule has 1 heterocycles. The van der Waals surface area contributed by atoms with E-state index >= 15 is 0 Å². The van der Waals surface area contributed by atoms with Crippen LogP contribution in [0.2, 0.25) is 0 Å². The topological polar surface area (TPSA) is 3.24 Å². The Labute approximate surface area is 91.1 Å². The summed E-state index contributed by atoms with van der Waals surface area (Å²) < 4.78 is 13.4. The van der Waals surface area contributed by atoms with E-state index in [-0.39, 0.29) is 5.82 Å². The number of rotatable bonds is 1. The van der Waals surface area contributed by atoms with Crippen LogP contribution in [-0.2, 0) is 13.1 Å². The number of halogens is 2. The molecule has 0 N–H and O–H groups in total. The van der Waals surface area contributed by atoms with E-state index in [4.69, 9.17) is 0 Å². The summed E-state index contributed by atoms with van der Waals surface area (Å²) in [6.07, 6.45) is 0. The predicted octanol–water partition coefficient (Wildman–Crippen LogP) is 2.92. The zero-order chi connectivity index (χ0) is 9.42. The predicted molar refractivity (Wildman–Crippen MR) is 59.1 cm³/mol. The van der Waals surface area contributed by atoms with Crippen molar-refractivity contribution < 1.29 is 4.39 Å². The Balaban J connectivity index is 2.25. The van der Waals surface area contributed by atoms with Crippen LogP contribution in [0, 0.1) is 5.82 Å². The van der Waals surface area contributed by atoms with Gasteiger partial charge in [0.25, 0.3) is 0 Å². The molecule has 1 aliphatic heterocycles. The molecule has 0 saturated carbocycles. The highest BCUT2D eigenvalue weighted by Crippen LogP contribution is 2.26. The first kappa shape index (κ1) is 9.40. The van der Waals surface area contributed by atoms with Gasteiger partial charge >= 0.3 is 0 Å². The first-order valence-corrected chi connectivity index (χ1v) is 5.57. The summed E-state index contributed by atoms with van der Waals surface area (Å²) in [5.74, 6) is -0.123. The van der Waals surface area contributed by atoms with Crippen LogP contribution in [0.3, 0.4) is 0 Å². The summed E-state index contributed by atoms with van der Waals surface area (Å²) >= 11 is 2.38. The Morgan fingerprint density at radius 3 is 2.77 bits per heavy atom. The van der Waals surface area contributed by atoms with Gasteiger partial charge in [-0.05, 0) is 30.2 Å².